The van der Waals surface area contributed by atoms with E-state index in [1.807, 2.05) is 0 Å². The van der Waals surface area contributed by atoms with E-state index in [1.165, 1.54) is 18.9 Å². The van der Waals surface area contributed by atoms with Gasteiger partial charge in [-0.2, -0.15) is 0 Å². The molecule has 0 aromatic heterocycles. The molecule has 2 fully saturated rings. The van der Waals surface area contributed by atoms with Gasteiger partial charge in [0.15, 0.2) is 0 Å². The number of hydrogen-bond donors (Lipinski definition) is 2. The first kappa shape index (κ1) is 12.7. The van der Waals surface area contributed by atoms with Gasteiger partial charge in [-0.1, -0.05) is 0 Å². The fourth-order valence-corrected chi connectivity index (χ4v) is 3.64. The zero-order valence-corrected chi connectivity index (χ0v) is 11.3. The maximum absolute atomic E-state index is 14.0. The Morgan fingerprint density at radius 1 is 1.32 bits per heavy atom. The van der Waals surface area contributed by atoms with Gasteiger partial charge in [-0.15, -0.1) is 0 Å². The molecular formula is C15H21FN2O. The van der Waals surface area contributed by atoms with Crippen molar-refractivity contribution in [2.24, 2.45) is 5.41 Å². The van der Waals surface area contributed by atoms with Crippen LogP contribution in [0.3, 0.4) is 0 Å². The number of halogens is 1. The number of nitrogens with one attached hydrogen (secondary N) is 1. The maximum Gasteiger partial charge on any atom is 0.142 e. The van der Waals surface area contributed by atoms with Crippen LogP contribution in [0.4, 0.5) is 10.1 Å². The number of nitrogens with two attached hydrogens (primary N) is 1. The molecular weight excluding hydrogens is 243 g/mol. The van der Waals surface area contributed by atoms with E-state index in [1.54, 1.807) is 13.2 Å². The van der Waals surface area contributed by atoms with Crippen molar-refractivity contribution in [2.75, 3.05) is 25.9 Å². The first-order valence-corrected chi connectivity index (χ1v) is 6.97. The number of piperidine rings is 1. The number of benzene rings is 1. The summed E-state index contributed by atoms with van der Waals surface area (Å²) in [5, 5.41) is 3.39. The van der Waals surface area contributed by atoms with Gasteiger partial charge in [0.2, 0.25) is 0 Å². The van der Waals surface area contributed by atoms with Crippen LogP contribution in [0.2, 0.25) is 0 Å². The van der Waals surface area contributed by atoms with Crippen LogP contribution in [0.15, 0.2) is 12.1 Å². The molecule has 0 bridgehead atoms. The lowest BCUT2D eigenvalue weighted by Crippen LogP contribution is -2.44. The minimum absolute atomic E-state index is 0.188. The third-order valence-electron chi connectivity index (χ3n) is 4.81. The van der Waals surface area contributed by atoms with E-state index >= 15 is 0 Å². The molecule has 1 heterocycles. The molecule has 1 saturated carbocycles. The van der Waals surface area contributed by atoms with E-state index in [4.69, 9.17) is 10.5 Å². The number of ether oxygens (including phenoxy) is 1. The Kier molecular flexibility index (Phi) is 3.13. The summed E-state index contributed by atoms with van der Waals surface area (Å²) >= 11 is 0. The molecule has 0 atom stereocenters. The van der Waals surface area contributed by atoms with Gasteiger partial charge >= 0.3 is 0 Å². The first-order chi connectivity index (χ1) is 9.13. The smallest absolute Gasteiger partial charge is 0.142 e. The topological polar surface area (TPSA) is 47.3 Å². The highest BCUT2D eigenvalue weighted by molar-refractivity contribution is 5.55. The van der Waals surface area contributed by atoms with Crippen LogP contribution < -0.4 is 15.8 Å². The van der Waals surface area contributed by atoms with E-state index in [0.717, 1.165) is 31.5 Å². The quantitative estimate of drug-likeness (QED) is 0.807. The van der Waals surface area contributed by atoms with Crippen LogP contribution in [0, 0.1) is 11.2 Å². The zero-order chi connectivity index (χ0) is 13.5. The van der Waals surface area contributed by atoms with E-state index in [0.29, 0.717) is 22.8 Å². The third kappa shape index (κ3) is 2.18. The van der Waals surface area contributed by atoms with Crippen molar-refractivity contribution in [3.8, 4) is 5.75 Å². The van der Waals surface area contributed by atoms with Gasteiger partial charge in [0.05, 0.1) is 12.8 Å². The Balaban J connectivity index is 1.77. The Hall–Kier alpha value is -1.29. The number of methoxy groups -OCH3 is 1. The molecule has 4 heteroatoms. The van der Waals surface area contributed by atoms with Crippen molar-refractivity contribution in [1.82, 2.24) is 5.32 Å². The normalized spacial score (nSPS) is 22.2. The van der Waals surface area contributed by atoms with E-state index in [9.17, 15) is 4.39 Å². The summed E-state index contributed by atoms with van der Waals surface area (Å²) in [5.74, 6) is 0.724. The lowest BCUT2D eigenvalue weighted by Gasteiger charge is -2.50. The zero-order valence-electron chi connectivity index (χ0n) is 11.3. The monoisotopic (exact) mass is 264 g/mol. The summed E-state index contributed by atoms with van der Waals surface area (Å²) in [6, 6.07) is 3.17. The molecule has 0 radical (unpaired) electrons. The van der Waals surface area contributed by atoms with Crippen molar-refractivity contribution in [3.05, 3.63) is 23.5 Å². The van der Waals surface area contributed by atoms with Gasteiger partial charge in [-0.25, -0.2) is 4.39 Å². The molecule has 0 amide bonds. The van der Waals surface area contributed by atoms with Crippen molar-refractivity contribution in [1.29, 1.82) is 0 Å². The van der Waals surface area contributed by atoms with E-state index in [2.05, 4.69) is 5.32 Å². The SMILES string of the molecule is COc1cc(C2CC3(CCNCC3)C2)c(F)cc1N. The Morgan fingerprint density at radius 3 is 2.63 bits per heavy atom. The average molecular weight is 264 g/mol. The van der Waals surface area contributed by atoms with Gasteiger partial charge in [-0.3, -0.25) is 0 Å². The molecule has 0 unspecified atom stereocenters. The van der Waals surface area contributed by atoms with Crippen molar-refractivity contribution < 1.29 is 9.13 Å². The second-order valence-electron chi connectivity index (χ2n) is 5.97. The summed E-state index contributed by atoms with van der Waals surface area (Å²) in [6.45, 7) is 2.19. The van der Waals surface area contributed by atoms with Crippen molar-refractivity contribution in [2.45, 2.75) is 31.6 Å². The van der Waals surface area contributed by atoms with Crippen molar-refractivity contribution in [3.63, 3.8) is 0 Å². The lowest BCUT2D eigenvalue weighted by molar-refractivity contribution is 0.0588. The average Bonchev–Trinajstić information content (AvgIpc) is 2.37. The van der Waals surface area contributed by atoms with Crippen LogP contribution >= 0.6 is 0 Å². The summed E-state index contributed by atoms with van der Waals surface area (Å²) in [4.78, 5) is 0. The maximum atomic E-state index is 14.0. The molecule has 1 aliphatic heterocycles. The number of rotatable bonds is 2. The Morgan fingerprint density at radius 2 is 2.00 bits per heavy atom. The van der Waals surface area contributed by atoms with Gasteiger partial charge in [0.1, 0.15) is 11.6 Å². The molecule has 104 valence electrons. The molecule has 1 saturated heterocycles. The van der Waals surface area contributed by atoms with Gasteiger partial charge in [0.25, 0.3) is 0 Å². The van der Waals surface area contributed by atoms with Crippen LogP contribution in [-0.2, 0) is 0 Å². The number of nitrogen functional groups attached to an aromatic ring is 1. The molecule has 3 nitrogen and oxygen atoms in total. The minimum atomic E-state index is -0.188. The first-order valence-electron chi connectivity index (χ1n) is 6.97. The molecule has 19 heavy (non-hydrogen) atoms. The highest BCUT2D eigenvalue weighted by Gasteiger charge is 2.45. The molecule has 1 aromatic carbocycles. The fourth-order valence-electron chi connectivity index (χ4n) is 3.64. The van der Waals surface area contributed by atoms with Gasteiger partial charge in [0, 0.05) is 6.07 Å². The molecule has 3 N–H and O–H groups in total. The summed E-state index contributed by atoms with van der Waals surface area (Å²) in [7, 11) is 1.57. The standard InChI is InChI=1S/C15H21FN2O/c1-19-14-6-11(12(16)7-13(14)17)10-8-15(9-10)2-4-18-5-3-15/h6-7,10,18H,2-5,8-9,17H2,1H3. The second-order valence-corrected chi connectivity index (χ2v) is 5.97. The lowest BCUT2D eigenvalue weighted by atomic mass is 9.56. The van der Waals surface area contributed by atoms with Gasteiger partial charge < -0.3 is 15.8 Å². The fraction of sp³-hybridized carbons (Fsp3) is 0.600. The molecule has 1 spiro atoms. The van der Waals surface area contributed by atoms with Crippen molar-refractivity contribution >= 4 is 5.69 Å². The third-order valence-corrected chi connectivity index (χ3v) is 4.81. The highest BCUT2D eigenvalue weighted by Crippen LogP contribution is 2.56. The summed E-state index contributed by atoms with van der Waals surface area (Å²) < 4.78 is 19.2. The highest BCUT2D eigenvalue weighted by atomic mass is 19.1. The molecule has 1 aromatic rings. The number of hydrogen-bond acceptors (Lipinski definition) is 3. The van der Waals surface area contributed by atoms with Crippen LogP contribution in [0.25, 0.3) is 0 Å². The van der Waals surface area contributed by atoms with Crippen LogP contribution in [0.5, 0.6) is 5.75 Å². The van der Waals surface area contributed by atoms with Crippen LogP contribution in [-0.4, -0.2) is 20.2 Å². The van der Waals surface area contributed by atoms with Crippen LogP contribution in [0.1, 0.15) is 37.2 Å². The minimum Gasteiger partial charge on any atom is -0.495 e. The Labute approximate surface area is 113 Å². The predicted octanol–water partition coefficient (Wildman–Crippen LogP) is 2.66. The summed E-state index contributed by atoms with van der Waals surface area (Å²) in [5.41, 5.74) is 7.33. The molecule has 3 rings (SSSR count). The molecule has 1 aliphatic carbocycles. The van der Waals surface area contributed by atoms with E-state index in [-0.39, 0.29) is 5.82 Å². The predicted molar refractivity (Wildman–Crippen MR) is 73.9 cm³/mol. The molecule has 2 aliphatic rings. The summed E-state index contributed by atoms with van der Waals surface area (Å²) in [6.07, 6.45) is 4.63. The second kappa shape index (κ2) is 4.67. The van der Waals surface area contributed by atoms with E-state index < -0.39 is 0 Å². The Bertz CT molecular complexity index is 475. The number of anilines is 1. The largest absolute Gasteiger partial charge is 0.495 e. The van der Waals surface area contributed by atoms with Gasteiger partial charge in [-0.05, 0) is 61.7 Å².